The fourth-order valence-electron chi connectivity index (χ4n) is 2.53. The van der Waals surface area contributed by atoms with Crippen molar-refractivity contribution < 1.29 is 4.79 Å². The number of hydrogen-bond donors (Lipinski definition) is 2. The molecule has 0 aliphatic carbocycles. The van der Waals surface area contributed by atoms with Crippen LogP contribution in [-0.2, 0) is 11.3 Å². The molecule has 5 nitrogen and oxygen atoms in total. The second kappa shape index (κ2) is 8.72. The average Bonchev–Trinajstić information content (AvgIpc) is 2.62. The Bertz CT molecular complexity index is 835. The Hall–Kier alpha value is -3.26. The van der Waals surface area contributed by atoms with Gasteiger partial charge < -0.3 is 16.0 Å². The molecule has 134 valence electrons. The summed E-state index contributed by atoms with van der Waals surface area (Å²) in [5.41, 5.74) is 9.29. The van der Waals surface area contributed by atoms with Gasteiger partial charge in [0, 0.05) is 18.8 Å². The molecule has 0 bridgehead atoms. The fourth-order valence-corrected chi connectivity index (χ4v) is 2.53. The Morgan fingerprint density at radius 2 is 1.96 bits per heavy atom. The van der Waals surface area contributed by atoms with Crippen LogP contribution in [0.15, 0.2) is 60.3 Å². The molecule has 26 heavy (non-hydrogen) atoms. The van der Waals surface area contributed by atoms with Gasteiger partial charge in [0.05, 0.1) is 11.4 Å². The van der Waals surface area contributed by atoms with Gasteiger partial charge in [-0.3, -0.25) is 4.79 Å². The van der Waals surface area contributed by atoms with Crippen LogP contribution in [0.1, 0.15) is 25.0 Å². The molecule has 0 saturated heterocycles. The number of aryl methyl sites for hydroxylation is 1. The number of carbonyl (C=O) groups excluding carboxylic acids is 1. The maximum absolute atomic E-state index is 12.8. The molecule has 0 aliphatic heterocycles. The minimum atomic E-state index is -0.315. The summed E-state index contributed by atoms with van der Waals surface area (Å²) in [7, 11) is 0. The van der Waals surface area contributed by atoms with E-state index in [1.807, 2.05) is 75.4 Å². The van der Waals surface area contributed by atoms with Gasteiger partial charge in [0.1, 0.15) is 11.6 Å². The quantitative estimate of drug-likeness (QED) is 0.472. The number of carbonyl (C=O) groups is 1. The summed E-state index contributed by atoms with van der Waals surface area (Å²) in [4.78, 5) is 14.5. The van der Waals surface area contributed by atoms with Crippen molar-refractivity contribution in [2.24, 2.45) is 0 Å². The predicted octanol–water partition coefficient (Wildman–Crippen LogP) is 3.83. The largest absolute Gasteiger partial charge is 0.397 e. The van der Waals surface area contributed by atoms with Crippen LogP contribution in [0.2, 0.25) is 0 Å². The lowest BCUT2D eigenvalue weighted by atomic mass is 10.1. The molecule has 3 N–H and O–H groups in total. The second-order valence-electron chi connectivity index (χ2n) is 6.42. The number of rotatable bonds is 6. The third-order valence-electron chi connectivity index (χ3n) is 4.01. The Labute approximate surface area is 154 Å². The van der Waals surface area contributed by atoms with Crippen molar-refractivity contribution in [2.75, 3.05) is 11.1 Å². The van der Waals surface area contributed by atoms with E-state index in [0.717, 1.165) is 11.1 Å². The number of nitrogen functional groups attached to an aromatic ring is 1. The van der Waals surface area contributed by atoms with Crippen LogP contribution < -0.4 is 11.1 Å². The van der Waals surface area contributed by atoms with E-state index in [0.29, 0.717) is 17.9 Å². The van der Waals surface area contributed by atoms with Crippen molar-refractivity contribution in [2.45, 2.75) is 33.4 Å². The highest BCUT2D eigenvalue weighted by Gasteiger charge is 2.21. The molecule has 2 rings (SSSR count). The number of amides is 1. The smallest absolute Gasteiger partial charge is 0.266 e. The van der Waals surface area contributed by atoms with Gasteiger partial charge in [-0.15, -0.1) is 0 Å². The van der Waals surface area contributed by atoms with E-state index in [1.54, 1.807) is 4.90 Å². The Morgan fingerprint density at radius 1 is 1.27 bits per heavy atom. The third kappa shape index (κ3) is 4.87. The minimum Gasteiger partial charge on any atom is -0.397 e. The lowest BCUT2D eigenvalue weighted by molar-refractivity contribution is -0.129. The van der Waals surface area contributed by atoms with Crippen molar-refractivity contribution >= 4 is 17.3 Å². The molecule has 0 saturated carbocycles. The first kappa shape index (κ1) is 19.1. The van der Waals surface area contributed by atoms with E-state index in [2.05, 4.69) is 5.32 Å². The van der Waals surface area contributed by atoms with Crippen LogP contribution in [0.4, 0.5) is 11.4 Å². The van der Waals surface area contributed by atoms with E-state index >= 15 is 0 Å². The van der Waals surface area contributed by atoms with Gasteiger partial charge in [0.2, 0.25) is 0 Å². The molecule has 0 aliphatic rings. The van der Waals surface area contributed by atoms with Crippen molar-refractivity contribution in [1.82, 2.24) is 4.90 Å². The first-order valence-electron chi connectivity index (χ1n) is 8.50. The lowest BCUT2D eigenvalue weighted by Crippen LogP contribution is -2.37. The molecule has 5 heteroatoms. The van der Waals surface area contributed by atoms with E-state index in [1.165, 1.54) is 6.20 Å². The molecule has 0 unspecified atom stereocenters. The number of nitrogens with one attached hydrogen (secondary N) is 1. The van der Waals surface area contributed by atoms with E-state index in [-0.39, 0.29) is 17.5 Å². The number of nitriles is 1. The van der Waals surface area contributed by atoms with Crippen molar-refractivity contribution in [3.63, 3.8) is 0 Å². The van der Waals surface area contributed by atoms with Crippen molar-refractivity contribution in [3.05, 3.63) is 71.4 Å². The summed E-state index contributed by atoms with van der Waals surface area (Å²) < 4.78 is 0. The predicted molar refractivity (Wildman–Crippen MR) is 105 cm³/mol. The highest BCUT2D eigenvalue weighted by molar-refractivity contribution is 5.97. The van der Waals surface area contributed by atoms with Gasteiger partial charge in [-0.1, -0.05) is 36.4 Å². The topological polar surface area (TPSA) is 82.2 Å². The van der Waals surface area contributed by atoms with Gasteiger partial charge in [-0.2, -0.15) is 5.26 Å². The van der Waals surface area contributed by atoms with Gasteiger partial charge in [0.15, 0.2) is 0 Å². The standard InChI is InChI=1S/C21H24N4O/c1-15(2)25(14-17-7-5-4-6-8-17)21(26)18(12-22)13-24-20-10-9-16(3)11-19(20)23/h4-11,13,15,24H,14,23H2,1-3H3/b18-13-. The van der Waals surface area contributed by atoms with Crippen LogP contribution in [-0.4, -0.2) is 16.8 Å². The van der Waals surface area contributed by atoms with Gasteiger partial charge in [-0.25, -0.2) is 0 Å². The van der Waals surface area contributed by atoms with E-state index < -0.39 is 0 Å². The van der Waals surface area contributed by atoms with Crippen LogP contribution in [0.5, 0.6) is 0 Å². The number of nitrogens with zero attached hydrogens (tertiary/aromatic N) is 2. The first-order chi connectivity index (χ1) is 12.4. The zero-order valence-corrected chi connectivity index (χ0v) is 15.4. The minimum absolute atomic E-state index is 0.0367. The zero-order chi connectivity index (χ0) is 19.1. The number of benzene rings is 2. The van der Waals surface area contributed by atoms with Gasteiger partial charge in [-0.05, 0) is 44.0 Å². The summed E-state index contributed by atoms with van der Waals surface area (Å²) >= 11 is 0. The molecule has 1 amide bonds. The van der Waals surface area contributed by atoms with Crippen molar-refractivity contribution in [3.8, 4) is 6.07 Å². The highest BCUT2D eigenvalue weighted by Crippen LogP contribution is 2.20. The molecule has 0 fully saturated rings. The van der Waals surface area contributed by atoms with Crippen LogP contribution in [0.25, 0.3) is 0 Å². The molecule has 0 atom stereocenters. The molecular formula is C21H24N4O. The summed E-state index contributed by atoms with van der Waals surface area (Å²) in [5, 5.41) is 12.4. The van der Waals surface area contributed by atoms with E-state index in [9.17, 15) is 10.1 Å². The molecule has 0 radical (unpaired) electrons. The van der Waals surface area contributed by atoms with Gasteiger partial charge >= 0.3 is 0 Å². The SMILES string of the molecule is Cc1ccc(N/C=C(/C#N)C(=O)N(Cc2ccccc2)C(C)C)c(N)c1. The maximum atomic E-state index is 12.8. The Kier molecular flexibility index (Phi) is 6.40. The molecule has 0 aromatic heterocycles. The normalized spacial score (nSPS) is 11.1. The number of anilines is 2. The average molecular weight is 348 g/mol. The Balaban J connectivity index is 2.20. The first-order valence-corrected chi connectivity index (χ1v) is 8.50. The second-order valence-corrected chi connectivity index (χ2v) is 6.42. The highest BCUT2D eigenvalue weighted by atomic mass is 16.2. The zero-order valence-electron chi connectivity index (χ0n) is 15.4. The van der Waals surface area contributed by atoms with Crippen LogP contribution in [0, 0.1) is 18.3 Å². The number of nitrogens with two attached hydrogens (primary N) is 1. The fraction of sp³-hybridized carbons (Fsp3) is 0.238. The molecular weight excluding hydrogens is 324 g/mol. The van der Waals surface area contributed by atoms with Crippen molar-refractivity contribution in [1.29, 1.82) is 5.26 Å². The van der Waals surface area contributed by atoms with Crippen LogP contribution in [0.3, 0.4) is 0 Å². The molecule has 2 aromatic rings. The monoisotopic (exact) mass is 348 g/mol. The number of hydrogen-bond acceptors (Lipinski definition) is 4. The third-order valence-corrected chi connectivity index (χ3v) is 4.01. The summed E-state index contributed by atoms with van der Waals surface area (Å²) in [5.74, 6) is -0.315. The molecule has 0 spiro atoms. The van der Waals surface area contributed by atoms with E-state index in [4.69, 9.17) is 5.73 Å². The molecule has 2 aromatic carbocycles. The summed E-state index contributed by atoms with van der Waals surface area (Å²) in [6.45, 7) is 6.26. The summed E-state index contributed by atoms with van der Waals surface area (Å²) in [6, 6.07) is 17.2. The summed E-state index contributed by atoms with van der Waals surface area (Å²) in [6.07, 6.45) is 1.42. The Morgan fingerprint density at radius 3 is 2.54 bits per heavy atom. The lowest BCUT2D eigenvalue weighted by Gasteiger charge is -2.26. The maximum Gasteiger partial charge on any atom is 0.266 e. The molecule has 0 heterocycles. The van der Waals surface area contributed by atoms with Gasteiger partial charge in [0.25, 0.3) is 5.91 Å². The van der Waals surface area contributed by atoms with Crippen LogP contribution >= 0.6 is 0 Å².